The molecule has 2 atom stereocenters. The molecule has 2 aromatic heterocycles. The van der Waals surface area contributed by atoms with Crippen molar-refractivity contribution < 1.29 is 5.11 Å². The molecule has 4 rings (SSSR count). The van der Waals surface area contributed by atoms with Gasteiger partial charge >= 0.3 is 0 Å². The summed E-state index contributed by atoms with van der Waals surface area (Å²) in [6.45, 7) is 6.96. The van der Waals surface area contributed by atoms with E-state index in [2.05, 4.69) is 35.3 Å². The molecule has 0 aromatic carbocycles. The SMILES string of the molecule is Cc1ccc(CN(CCO)Cc2ccc3n(c2=O)C[C@@H]2CNC[C@H]3C2)s1. The highest BCUT2D eigenvalue weighted by Gasteiger charge is 2.31. The molecule has 0 saturated carbocycles. The van der Waals surface area contributed by atoms with Crippen molar-refractivity contribution in [1.82, 2.24) is 14.8 Å². The third kappa shape index (κ3) is 3.64. The van der Waals surface area contributed by atoms with Crippen LogP contribution in [0.1, 0.15) is 33.4 Å². The van der Waals surface area contributed by atoms with Crippen LogP contribution in [0.2, 0.25) is 0 Å². The average Bonchev–Trinajstić information content (AvgIpc) is 3.03. The van der Waals surface area contributed by atoms with Gasteiger partial charge in [0.1, 0.15) is 0 Å². The normalized spacial score (nSPS) is 21.8. The number of hydrogen-bond acceptors (Lipinski definition) is 5. The lowest BCUT2D eigenvalue weighted by atomic mass is 9.84. The number of fused-ring (bicyclic) bond motifs is 4. The first-order valence-electron chi connectivity index (χ1n) is 9.46. The largest absolute Gasteiger partial charge is 0.395 e. The number of piperidine rings is 1. The standard InChI is InChI=1S/C20H27N3O2S/c1-14-2-4-18(26-14)13-22(6-7-24)12-16-3-5-19-17-8-15(9-21-10-17)11-23(19)20(16)25/h2-5,15,17,21,24H,6-13H2,1H3/t15-,17+/m0/s1. The second-order valence-electron chi connectivity index (χ2n) is 7.60. The van der Waals surface area contributed by atoms with E-state index in [-0.39, 0.29) is 12.2 Å². The van der Waals surface area contributed by atoms with Gasteiger partial charge in [0.25, 0.3) is 5.56 Å². The molecule has 4 heterocycles. The van der Waals surface area contributed by atoms with Crippen LogP contribution in [0.15, 0.2) is 29.1 Å². The number of aliphatic hydroxyl groups is 1. The Morgan fingerprint density at radius 2 is 2.15 bits per heavy atom. The van der Waals surface area contributed by atoms with Gasteiger partial charge in [-0.3, -0.25) is 9.69 Å². The van der Waals surface area contributed by atoms with Crippen molar-refractivity contribution in [1.29, 1.82) is 0 Å². The van der Waals surface area contributed by atoms with E-state index in [0.29, 0.717) is 24.9 Å². The number of thiophene rings is 1. The minimum absolute atomic E-state index is 0.104. The molecule has 1 fully saturated rings. The van der Waals surface area contributed by atoms with Gasteiger partial charge in [-0.05, 0) is 44.0 Å². The molecule has 5 nitrogen and oxygen atoms in total. The molecule has 2 aliphatic heterocycles. The number of pyridine rings is 1. The summed E-state index contributed by atoms with van der Waals surface area (Å²) in [7, 11) is 0. The van der Waals surface area contributed by atoms with E-state index in [9.17, 15) is 9.90 Å². The van der Waals surface area contributed by atoms with Gasteiger partial charge in [0.05, 0.1) is 6.61 Å². The Morgan fingerprint density at radius 1 is 1.27 bits per heavy atom. The summed E-state index contributed by atoms with van der Waals surface area (Å²) < 4.78 is 2.02. The van der Waals surface area contributed by atoms with Gasteiger partial charge in [-0.25, -0.2) is 0 Å². The molecule has 1 saturated heterocycles. The predicted octanol–water partition coefficient (Wildman–Crippen LogP) is 1.92. The van der Waals surface area contributed by atoms with Crippen molar-refractivity contribution in [2.75, 3.05) is 26.2 Å². The fourth-order valence-electron chi connectivity index (χ4n) is 4.34. The van der Waals surface area contributed by atoms with Crippen molar-refractivity contribution >= 4 is 11.3 Å². The molecule has 0 unspecified atom stereocenters. The Labute approximate surface area is 158 Å². The third-order valence-electron chi connectivity index (χ3n) is 5.57. The molecule has 2 N–H and O–H groups in total. The van der Waals surface area contributed by atoms with Crippen molar-refractivity contribution in [2.24, 2.45) is 5.92 Å². The van der Waals surface area contributed by atoms with Crippen LogP contribution in [-0.2, 0) is 19.6 Å². The molecule has 0 radical (unpaired) electrons. The van der Waals surface area contributed by atoms with Crippen LogP contribution in [0.5, 0.6) is 0 Å². The molecule has 0 aliphatic carbocycles. The zero-order valence-electron chi connectivity index (χ0n) is 15.3. The fourth-order valence-corrected chi connectivity index (χ4v) is 5.28. The molecule has 2 aliphatic rings. The maximum absolute atomic E-state index is 13.1. The lowest BCUT2D eigenvalue weighted by Gasteiger charge is -2.37. The van der Waals surface area contributed by atoms with Gasteiger partial charge in [0.2, 0.25) is 0 Å². The predicted molar refractivity (Wildman–Crippen MR) is 105 cm³/mol. The summed E-state index contributed by atoms with van der Waals surface area (Å²) >= 11 is 1.78. The zero-order valence-corrected chi connectivity index (χ0v) is 16.1. The van der Waals surface area contributed by atoms with Crippen molar-refractivity contribution in [3.63, 3.8) is 0 Å². The first-order valence-corrected chi connectivity index (χ1v) is 10.3. The van der Waals surface area contributed by atoms with Gasteiger partial charge < -0.3 is 15.0 Å². The molecular formula is C20H27N3O2S. The molecule has 0 spiro atoms. The number of rotatable bonds is 6. The van der Waals surface area contributed by atoms with Crippen molar-refractivity contribution in [3.8, 4) is 0 Å². The smallest absolute Gasteiger partial charge is 0.255 e. The van der Waals surface area contributed by atoms with Crippen LogP contribution in [0.4, 0.5) is 0 Å². The highest BCUT2D eigenvalue weighted by Crippen LogP contribution is 2.31. The van der Waals surface area contributed by atoms with Gasteiger partial charge in [-0.2, -0.15) is 0 Å². The third-order valence-corrected chi connectivity index (χ3v) is 6.56. The Kier molecular flexibility index (Phi) is 5.27. The summed E-state index contributed by atoms with van der Waals surface area (Å²) in [5.74, 6) is 1.03. The maximum Gasteiger partial charge on any atom is 0.255 e. The first kappa shape index (κ1) is 17.9. The number of aromatic nitrogens is 1. The lowest BCUT2D eigenvalue weighted by Crippen LogP contribution is -2.45. The summed E-state index contributed by atoms with van der Waals surface area (Å²) in [6.07, 6.45) is 1.19. The Balaban J connectivity index is 1.57. The minimum atomic E-state index is 0.104. The topological polar surface area (TPSA) is 57.5 Å². The van der Waals surface area contributed by atoms with E-state index in [1.807, 2.05) is 10.6 Å². The van der Waals surface area contributed by atoms with Crippen molar-refractivity contribution in [2.45, 2.75) is 38.9 Å². The second kappa shape index (κ2) is 7.64. The van der Waals surface area contributed by atoms with Gasteiger partial charge in [-0.1, -0.05) is 6.07 Å². The summed E-state index contributed by atoms with van der Waals surface area (Å²) in [4.78, 5) is 17.8. The van der Waals surface area contributed by atoms with Crippen LogP contribution in [0.3, 0.4) is 0 Å². The number of nitrogens with one attached hydrogen (secondary N) is 1. The second-order valence-corrected chi connectivity index (χ2v) is 8.98. The molecule has 2 aromatic rings. The molecule has 0 amide bonds. The van der Waals surface area contributed by atoms with E-state index < -0.39 is 0 Å². The summed E-state index contributed by atoms with van der Waals surface area (Å²) in [5.41, 5.74) is 2.18. The van der Waals surface area contributed by atoms with Crippen LogP contribution in [-0.4, -0.2) is 40.8 Å². The highest BCUT2D eigenvalue weighted by molar-refractivity contribution is 7.11. The monoisotopic (exact) mass is 373 g/mol. The number of aliphatic hydroxyl groups excluding tert-OH is 1. The number of hydrogen-bond donors (Lipinski definition) is 2. The van der Waals surface area contributed by atoms with E-state index >= 15 is 0 Å². The molecule has 6 heteroatoms. The fraction of sp³-hybridized carbons (Fsp3) is 0.550. The van der Waals surface area contributed by atoms with E-state index in [4.69, 9.17) is 0 Å². The molecule has 26 heavy (non-hydrogen) atoms. The Hall–Kier alpha value is -1.47. The van der Waals surface area contributed by atoms with Crippen LogP contribution >= 0.6 is 11.3 Å². The van der Waals surface area contributed by atoms with Crippen LogP contribution in [0.25, 0.3) is 0 Å². The average molecular weight is 374 g/mol. The highest BCUT2D eigenvalue weighted by atomic mass is 32.1. The molecular weight excluding hydrogens is 346 g/mol. The maximum atomic E-state index is 13.1. The Bertz CT molecular complexity index is 829. The number of nitrogens with zero attached hydrogens (tertiary/aromatic N) is 2. The molecule has 2 bridgehead atoms. The van der Waals surface area contributed by atoms with E-state index in [0.717, 1.165) is 31.7 Å². The minimum Gasteiger partial charge on any atom is -0.395 e. The van der Waals surface area contributed by atoms with E-state index in [1.165, 1.54) is 21.9 Å². The van der Waals surface area contributed by atoms with Gasteiger partial charge in [0.15, 0.2) is 0 Å². The first-order chi connectivity index (χ1) is 12.6. The zero-order chi connectivity index (χ0) is 18.1. The quantitative estimate of drug-likeness (QED) is 0.812. The Morgan fingerprint density at radius 3 is 2.92 bits per heavy atom. The van der Waals surface area contributed by atoms with Gasteiger partial charge in [0, 0.05) is 59.7 Å². The van der Waals surface area contributed by atoms with Gasteiger partial charge in [-0.15, -0.1) is 11.3 Å². The number of aryl methyl sites for hydroxylation is 1. The summed E-state index contributed by atoms with van der Waals surface area (Å²) in [5, 5.41) is 12.9. The van der Waals surface area contributed by atoms with Crippen LogP contribution in [0, 0.1) is 12.8 Å². The summed E-state index contributed by atoms with van der Waals surface area (Å²) in [6, 6.07) is 8.42. The lowest BCUT2D eigenvalue weighted by molar-refractivity contribution is 0.184. The molecule has 140 valence electrons. The van der Waals surface area contributed by atoms with Crippen LogP contribution < -0.4 is 10.9 Å². The van der Waals surface area contributed by atoms with Crippen molar-refractivity contribution in [3.05, 3.63) is 55.6 Å². The van der Waals surface area contributed by atoms with E-state index in [1.54, 1.807) is 11.3 Å².